The lowest BCUT2D eigenvalue weighted by Crippen LogP contribution is -2.49. The highest BCUT2D eigenvalue weighted by Crippen LogP contribution is 2.27. The van der Waals surface area contributed by atoms with Crippen LogP contribution < -0.4 is 26.8 Å². The molecule has 20 heteroatoms. The summed E-state index contributed by atoms with van der Waals surface area (Å²) in [5.74, 6) is -1.05. The summed E-state index contributed by atoms with van der Waals surface area (Å²) in [5.41, 5.74) is 15.2. The number of hydrogen-bond acceptors (Lipinski definition) is 16. The third kappa shape index (κ3) is 17.9. The highest BCUT2D eigenvalue weighted by molar-refractivity contribution is 8.00. The number of hydrogen-bond donors (Lipinski definition) is 6. The Hall–Kier alpha value is -4.28. The number of nitrogens with zero attached hydrogens (tertiary/aromatic N) is 5. The van der Waals surface area contributed by atoms with Crippen LogP contribution in [0.2, 0.25) is 0 Å². The number of nitrogens with one attached hydrogen (secondary N) is 2. The zero-order valence-corrected chi connectivity index (χ0v) is 36.4. The van der Waals surface area contributed by atoms with Crippen molar-refractivity contribution in [3.63, 3.8) is 0 Å². The number of amides is 1. The molecule has 340 valence electrons. The number of anilines is 2. The minimum atomic E-state index is -1.20. The maximum atomic E-state index is 12.5. The van der Waals surface area contributed by atoms with Crippen LogP contribution >= 0.6 is 11.8 Å². The zero-order valence-electron chi connectivity index (χ0n) is 35.6. The summed E-state index contributed by atoms with van der Waals surface area (Å²) in [6.45, 7) is 12.7. The van der Waals surface area contributed by atoms with Crippen molar-refractivity contribution in [3.8, 4) is 5.75 Å². The molecule has 2 aromatic heterocycles. The smallest absolute Gasteiger partial charge is 0.321 e. The molecule has 1 aromatic carbocycles. The van der Waals surface area contributed by atoms with E-state index in [0.29, 0.717) is 72.5 Å². The first-order valence-electron chi connectivity index (χ1n) is 20.9. The van der Waals surface area contributed by atoms with Crippen LogP contribution in [0.4, 0.5) is 11.8 Å². The van der Waals surface area contributed by atoms with Gasteiger partial charge in [-0.2, -0.15) is 4.98 Å². The van der Waals surface area contributed by atoms with Gasteiger partial charge in [0, 0.05) is 69.9 Å². The summed E-state index contributed by atoms with van der Waals surface area (Å²) >= 11 is 0.946. The van der Waals surface area contributed by atoms with E-state index in [1.807, 2.05) is 24.4 Å². The predicted octanol–water partition coefficient (Wildman–Crippen LogP) is 1.96. The number of nitrogens with two attached hydrogens (primary N) is 2. The average Bonchev–Trinajstić information content (AvgIpc) is 3.65. The summed E-state index contributed by atoms with van der Waals surface area (Å²) in [6.07, 6.45) is 4.94. The van der Waals surface area contributed by atoms with E-state index in [9.17, 15) is 14.4 Å². The predicted molar refractivity (Wildman–Crippen MR) is 234 cm³/mol. The number of methoxy groups -OCH3 is 1. The molecule has 0 aliphatic carbocycles. The van der Waals surface area contributed by atoms with Gasteiger partial charge < -0.3 is 60.6 Å². The third-order valence-corrected chi connectivity index (χ3v) is 11.3. The molecule has 0 saturated carbocycles. The number of aliphatic carboxylic acids is 2. The van der Waals surface area contributed by atoms with Crippen LogP contribution in [0.15, 0.2) is 30.5 Å². The van der Waals surface area contributed by atoms with Crippen molar-refractivity contribution >= 4 is 52.4 Å². The van der Waals surface area contributed by atoms with Crippen LogP contribution in [-0.4, -0.2) is 175 Å². The van der Waals surface area contributed by atoms with Crippen LogP contribution in [0.5, 0.6) is 5.75 Å². The fourth-order valence-corrected chi connectivity index (χ4v) is 7.64. The zero-order chi connectivity index (χ0) is 43.8. The van der Waals surface area contributed by atoms with Crippen LogP contribution in [0.3, 0.4) is 0 Å². The van der Waals surface area contributed by atoms with Gasteiger partial charge in [0.1, 0.15) is 17.3 Å². The summed E-state index contributed by atoms with van der Waals surface area (Å²) in [4.78, 5) is 48.2. The van der Waals surface area contributed by atoms with E-state index in [0.717, 1.165) is 104 Å². The van der Waals surface area contributed by atoms with Crippen molar-refractivity contribution in [2.45, 2.75) is 57.1 Å². The van der Waals surface area contributed by atoms with Gasteiger partial charge in [0.15, 0.2) is 5.82 Å². The Bertz CT molecular complexity index is 1780. The molecule has 3 heterocycles. The number of thioether (sulfide) groups is 1. The second kappa shape index (κ2) is 27.6. The molecule has 1 unspecified atom stereocenters. The fraction of sp³-hybridized carbons (Fsp3) is 0.634. The van der Waals surface area contributed by atoms with Crippen LogP contribution in [0, 0.1) is 0 Å². The summed E-state index contributed by atoms with van der Waals surface area (Å²) < 4.78 is 30.8. The van der Waals surface area contributed by atoms with E-state index in [4.69, 9.17) is 45.4 Å². The van der Waals surface area contributed by atoms with Gasteiger partial charge in [-0.15, -0.1) is 11.8 Å². The number of unbranched alkanes of at least 4 members (excludes halogenated alkanes) is 2. The maximum Gasteiger partial charge on any atom is 0.321 e. The Morgan fingerprint density at radius 1 is 0.885 bits per heavy atom. The molecule has 3 aromatic rings. The molecule has 4 rings (SSSR count). The molecule has 0 spiro atoms. The number of fused-ring (bicyclic) bond motifs is 1. The summed E-state index contributed by atoms with van der Waals surface area (Å²) in [7, 11) is 1.67. The van der Waals surface area contributed by atoms with Gasteiger partial charge >= 0.3 is 11.9 Å². The number of carbonyl (C=O) groups is 3. The monoisotopic (exact) mass is 875 g/mol. The van der Waals surface area contributed by atoms with Gasteiger partial charge in [0.25, 0.3) is 0 Å². The van der Waals surface area contributed by atoms with Gasteiger partial charge in [0.2, 0.25) is 11.9 Å². The number of carboxylic acid groups (broad SMARTS) is 2. The highest BCUT2D eigenvalue weighted by atomic mass is 32.2. The Labute approximate surface area is 362 Å². The summed E-state index contributed by atoms with van der Waals surface area (Å²) in [5, 5.41) is 23.4. The van der Waals surface area contributed by atoms with Crippen LogP contribution in [-0.2, 0) is 46.5 Å². The Kier molecular flexibility index (Phi) is 22.4. The lowest BCUT2D eigenvalue weighted by molar-refractivity contribution is -0.138. The number of carbonyl (C=O) groups excluding carboxylic acids is 1. The van der Waals surface area contributed by atoms with Crippen LogP contribution in [0.25, 0.3) is 11.0 Å². The molecule has 1 amide bonds. The number of carboxylic acids is 2. The molecule has 2 atom stereocenters. The van der Waals surface area contributed by atoms with E-state index in [2.05, 4.69) is 48.0 Å². The number of nitrogen functional groups attached to an aromatic ring is 1. The number of rotatable bonds is 32. The molecule has 0 bridgehead atoms. The van der Waals surface area contributed by atoms with Crippen LogP contribution in [0.1, 0.15) is 43.7 Å². The number of benzene rings is 1. The first kappa shape index (κ1) is 49.4. The van der Waals surface area contributed by atoms with Crippen molar-refractivity contribution in [3.05, 3.63) is 41.6 Å². The largest absolute Gasteiger partial charge is 0.496 e. The molecule has 1 saturated heterocycles. The van der Waals surface area contributed by atoms with Crippen molar-refractivity contribution in [1.29, 1.82) is 0 Å². The van der Waals surface area contributed by atoms with Crippen molar-refractivity contribution in [2.24, 2.45) is 5.73 Å². The third-order valence-electron chi connectivity index (χ3n) is 9.97. The van der Waals surface area contributed by atoms with E-state index < -0.39 is 35.6 Å². The highest BCUT2D eigenvalue weighted by Gasteiger charge is 2.25. The minimum Gasteiger partial charge on any atom is -0.496 e. The van der Waals surface area contributed by atoms with Gasteiger partial charge in [-0.3, -0.25) is 24.2 Å². The maximum absolute atomic E-state index is 12.5. The number of ether oxygens (including phenoxy) is 5. The minimum absolute atomic E-state index is 0.0514. The van der Waals surface area contributed by atoms with Crippen molar-refractivity contribution in [1.82, 2.24) is 29.7 Å². The first-order chi connectivity index (χ1) is 29.6. The van der Waals surface area contributed by atoms with Gasteiger partial charge in [-0.1, -0.05) is 31.9 Å². The molecule has 19 nitrogen and oxygen atoms in total. The topological polar surface area (TPSA) is 251 Å². The Balaban J connectivity index is 0.996. The van der Waals surface area contributed by atoms with Gasteiger partial charge in [-0.05, 0) is 24.1 Å². The molecule has 61 heavy (non-hydrogen) atoms. The first-order valence-corrected chi connectivity index (χ1v) is 22.0. The van der Waals surface area contributed by atoms with Crippen molar-refractivity contribution in [2.75, 3.05) is 123 Å². The summed E-state index contributed by atoms with van der Waals surface area (Å²) in [6, 6.07) is 6.89. The average molecular weight is 876 g/mol. The molecule has 1 aliphatic heterocycles. The quantitative estimate of drug-likeness (QED) is 0.0491. The molecule has 0 radical (unpaired) electrons. The fourth-order valence-electron chi connectivity index (χ4n) is 6.56. The SMILES string of the molecule is CCCCCNc1nc(N)nc2ccn(Cc3ccc(COCCOCCOCCOCCN4CCN(CCNC(=O)C(CC(=O)O)SC[C@H](N)C(=O)O)CC4)cc3OC)c12. The molecular formula is C41H65N9O10S. The van der Waals surface area contributed by atoms with E-state index in [1.54, 1.807) is 7.11 Å². The van der Waals surface area contributed by atoms with E-state index >= 15 is 0 Å². The molecule has 8 N–H and O–H groups in total. The standard InChI is InChI=1S/C41H65N9O10S/c1-3-4-5-9-44-38-37-33(46-41(43)47-38)8-11-50(37)27-31-7-6-30(25-34(31)56-2)28-60-24-23-59-22-21-58-20-19-57-18-17-49-15-13-48(14-16-49)12-10-45-39(53)35(26-36(51)52)61-29-32(42)40(54)55/h6-8,11,25,32,35H,3-5,9-10,12-24,26-29,42H2,1-2H3,(H,45,53)(H,51,52)(H,54,55)(H3,43,44,46,47)/t32-,35?/m0/s1. The van der Waals surface area contributed by atoms with E-state index in [-0.39, 0.29) is 11.7 Å². The Morgan fingerprint density at radius 2 is 1.56 bits per heavy atom. The lowest BCUT2D eigenvalue weighted by Gasteiger charge is -2.34. The normalized spacial score (nSPS) is 14.5. The molecule has 1 fully saturated rings. The second-order valence-corrected chi connectivity index (χ2v) is 15.9. The van der Waals surface area contributed by atoms with E-state index in [1.165, 1.54) is 0 Å². The molecular weight excluding hydrogens is 811 g/mol. The molecule has 1 aliphatic rings. The Morgan fingerprint density at radius 3 is 2.21 bits per heavy atom. The lowest BCUT2D eigenvalue weighted by atomic mass is 10.1. The van der Waals surface area contributed by atoms with Crippen molar-refractivity contribution < 1.29 is 48.3 Å². The number of piperazine rings is 1. The number of aromatic nitrogens is 3. The van der Waals surface area contributed by atoms with Gasteiger partial charge in [-0.25, -0.2) is 4.98 Å². The second-order valence-electron chi connectivity index (χ2n) is 14.6. The van der Waals surface area contributed by atoms with Gasteiger partial charge in [0.05, 0.1) is 83.7 Å².